The first-order valence-electron chi connectivity index (χ1n) is 8.92. The molecular formula is C22H28N2O2. The molecule has 2 rings (SSSR count). The lowest BCUT2D eigenvalue weighted by Crippen LogP contribution is -2.32. The van der Waals surface area contributed by atoms with Crippen LogP contribution < -0.4 is 10.2 Å². The zero-order valence-corrected chi connectivity index (χ0v) is 16.3. The molecule has 4 heteroatoms. The second-order valence-corrected chi connectivity index (χ2v) is 7.63. The molecule has 2 aromatic rings. The Labute approximate surface area is 156 Å². The summed E-state index contributed by atoms with van der Waals surface area (Å²) < 4.78 is 0. The number of amides is 2. The molecule has 0 saturated carbocycles. The molecule has 0 saturated heterocycles. The summed E-state index contributed by atoms with van der Waals surface area (Å²) in [4.78, 5) is 25.9. The average Bonchev–Trinajstić information content (AvgIpc) is 2.56. The number of nitrogens with zero attached hydrogens (tertiary/aromatic N) is 1. The van der Waals surface area contributed by atoms with Gasteiger partial charge in [-0.15, -0.1) is 0 Å². The maximum absolute atomic E-state index is 12.2. The summed E-state index contributed by atoms with van der Waals surface area (Å²) in [5.74, 6) is -0.178. The molecule has 0 spiro atoms. The van der Waals surface area contributed by atoms with Gasteiger partial charge in [-0.1, -0.05) is 50.6 Å². The number of benzene rings is 2. The highest BCUT2D eigenvalue weighted by atomic mass is 16.2. The third-order valence-corrected chi connectivity index (χ3v) is 4.32. The molecule has 0 heterocycles. The lowest BCUT2D eigenvalue weighted by molar-refractivity contribution is -0.117. The number of carbonyl (C=O) groups is 2. The number of nitrogens with one attached hydrogen (secondary N) is 1. The van der Waals surface area contributed by atoms with Gasteiger partial charge in [0, 0.05) is 31.3 Å². The number of anilines is 2. The van der Waals surface area contributed by atoms with Crippen LogP contribution in [0, 0.1) is 6.92 Å². The van der Waals surface area contributed by atoms with E-state index in [-0.39, 0.29) is 23.7 Å². The lowest BCUT2D eigenvalue weighted by Gasteiger charge is -2.23. The van der Waals surface area contributed by atoms with Crippen LogP contribution in [0.25, 0.3) is 0 Å². The molecule has 2 aromatic carbocycles. The maximum Gasteiger partial charge on any atom is 0.226 e. The molecule has 1 N–H and O–H groups in total. The predicted molar refractivity (Wildman–Crippen MR) is 108 cm³/mol. The molecule has 2 amide bonds. The summed E-state index contributed by atoms with van der Waals surface area (Å²) >= 11 is 0. The minimum Gasteiger partial charge on any atom is -0.326 e. The van der Waals surface area contributed by atoms with Crippen LogP contribution in [-0.2, 0) is 15.0 Å². The summed E-state index contributed by atoms with van der Waals surface area (Å²) in [6.07, 6.45) is 0.245. The molecule has 26 heavy (non-hydrogen) atoms. The summed E-state index contributed by atoms with van der Waals surface area (Å²) in [6.45, 7) is 10.3. The first kappa shape index (κ1) is 19.7. The normalized spacial score (nSPS) is 11.1. The van der Waals surface area contributed by atoms with E-state index in [2.05, 4.69) is 26.1 Å². The highest BCUT2D eigenvalue weighted by Crippen LogP contribution is 2.25. The van der Waals surface area contributed by atoms with E-state index < -0.39 is 0 Å². The van der Waals surface area contributed by atoms with Crippen LogP contribution in [0.15, 0.2) is 48.5 Å². The van der Waals surface area contributed by atoms with E-state index in [9.17, 15) is 9.59 Å². The van der Waals surface area contributed by atoms with E-state index in [0.717, 1.165) is 16.9 Å². The number of carbonyl (C=O) groups excluding carboxylic acids is 2. The van der Waals surface area contributed by atoms with Crippen molar-refractivity contribution >= 4 is 23.2 Å². The van der Waals surface area contributed by atoms with Gasteiger partial charge in [0.05, 0.1) is 0 Å². The SMILES string of the molecule is CC(=O)N(CCC(=O)Nc1ccc(C)cc1)c1ccc(C(C)(C)C)cc1. The van der Waals surface area contributed by atoms with E-state index in [1.165, 1.54) is 12.5 Å². The van der Waals surface area contributed by atoms with E-state index in [1.54, 1.807) is 4.90 Å². The molecule has 0 aliphatic carbocycles. The van der Waals surface area contributed by atoms with E-state index in [4.69, 9.17) is 0 Å². The van der Waals surface area contributed by atoms with Crippen molar-refractivity contribution in [1.29, 1.82) is 0 Å². The Kier molecular flexibility index (Phi) is 6.19. The molecule has 0 radical (unpaired) electrons. The fourth-order valence-corrected chi connectivity index (χ4v) is 2.68. The van der Waals surface area contributed by atoms with Crippen molar-refractivity contribution in [3.8, 4) is 0 Å². The van der Waals surface area contributed by atoms with Crippen molar-refractivity contribution in [1.82, 2.24) is 0 Å². The van der Waals surface area contributed by atoms with E-state index in [1.807, 2.05) is 55.5 Å². The van der Waals surface area contributed by atoms with Crippen LogP contribution in [0.2, 0.25) is 0 Å². The second kappa shape index (κ2) is 8.17. The Bertz CT molecular complexity index is 756. The van der Waals surface area contributed by atoms with Gasteiger partial charge in [0.15, 0.2) is 0 Å². The smallest absolute Gasteiger partial charge is 0.226 e. The first-order chi connectivity index (χ1) is 12.2. The first-order valence-corrected chi connectivity index (χ1v) is 8.92. The van der Waals surface area contributed by atoms with Crippen molar-refractivity contribution in [3.05, 3.63) is 59.7 Å². The molecule has 0 bridgehead atoms. The van der Waals surface area contributed by atoms with Crippen LogP contribution >= 0.6 is 0 Å². The molecule has 0 aromatic heterocycles. The Morgan fingerprint density at radius 1 is 0.962 bits per heavy atom. The van der Waals surface area contributed by atoms with Gasteiger partial charge in [0.1, 0.15) is 0 Å². The van der Waals surface area contributed by atoms with E-state index >= 15 is 0 Å². The molecule has 0 fully saturated rings. The minimum absolute atomic E-state index is 0.0630. The summed E-state index contributed by atoms with van der Waals surface area (Å²) in [7, 11) is 0. The van der Waals surface area contributed by atoms with Gasteiger partial charge < -0.3 is 10.2 Å². The summed E-state index contributed by atoms with van der Waals surface area (Å²) in [5.41, 5.74) is 4.00. The van der Waals surface area contributed by atoms with Crippen LogP contribution in [-0.4, -0.2) is 18.4 Å². The number of hydrogen-bond acceptors (Lipinski definition) is 2. The Morgan fingerprint density at radius 2 is 1.54 bits per heavy atom. The minimum atomic E-state index is -0.105. The molecule has 4 nitrogen and oxygen atoms in total. The van der Waals surface area contributed by atoms with Gasteiger partial charge in [-0.3, -0.25) is 9.59 Å². The maximum atomic E-state index is 12.2. The lowest BCUT2D eigenvalue weighted by atomic mass is 9.87. The molecule has 0 aliphatic heterocycles. The predicted octanol–water partition coefficient (Wildman–Crippen LogP) is 4.67. The standard InChI is InChI=1S/C22H28N2O2/c1-16-6-10-19(11-7-16)23-21(26)14-15-24(17(2)25)20-12-8-18(9-13-20)22(3,4)5/h6-13H,14-15H2,1-5H3,(H,23,26). The van der Waals surface area contributed by atoms with Gasteiger partial charge in [0.2, 0.25) is 11.8 Å². The largest absolute Gasteiger partial charge is 0.326 e. The van der Waals surface area contributed by atoms with Crippen molar-refractivity contribution in [2.45, 2.75) is 46.5 Å². The van der Waals surface area contributed by atoms with Crippen LogP contribution in [0.3, 0.4) is 0 Å². The van der Waals surface area contributed by atoms with Gasteiger partial charge >= 0.3 is 0 Å². The zero-order chi connectivity index (χ0) is 19.3. The zero-order valence-electron chi connectivity index (χ0n) is 16.3. The summed E-state index contributed by atoms with van der Waals surface area (Å²) in [5, 5.41) is 2.87. The van der Waals surface area contributed by atoms with Crippen LogP contribution in [0.4, 0.5) is 11.4 Å². The Balaban J connectivity index is 2.00. The number of rotatable bonds is 5. The molecule has 138 valence electrons. The van der Waals surface area contributed by atoms with Gasteiger partial charge in [0.25, 0.3) is 0 Å². The Hall–Kier alpha value is -2.62. The fourth-order valence-electron chi connectivity index (χ4n) is 2.68. The van der Waals surface area contributed by atoms with Crippen molar-refractivity contribution in [3.63, 3.8) is 0 Å². The van der Waals surface area contributed by atoms with Crippen LogP contribution in [0.1, 0.15) is 45.2 Å². The summed E-state index contributed by atoms with van der Waals surface area (Å²) in [6, 6.07) is 15.6. The number of hydrogen-bond donors (Lipinski definition) is 1. The Morgan fingerprint density at radius 3 is 2.04 bits per heavy atom. The molecular weight excluding hydrogens is 324 g/mol. The van der Waals surface area contributed by atoms with Crippen molar-refractivity contribution in [2.24, 2.45) is 0 Å². The van der Waals surface area contributed by atoms with Gasteiger partial charge in [-0.25, -0.2) is 0 Å². The van der Waals surface area contributed by atoms with Gasteiger partial charge in [-0.05, 0) is 42.2 Å². The molecule has 0 aliphatic rings. The highest BCUT2D eigenvalue weighted by Gasteiger charge is 2.16. The molecule has 0 unspecified atom stereocenters. The highest BCUT2D eigenvalue weighted by molar-refractivity contribution is 5.94. The van der Waals surface area contributed by atoms with Crippen molar-refractivity contribution in [2.75, 3.05) is 16.8 Å². The second-order valence-electron chi connectivity index (χ2n) is 7.63. The van der Waals surface area contributed by atoms with Crippen molar-refractivity contribution < 1.29 is 9.59 Å². The van der Waals surface area contributed by atoms with Gasteiger partial charge in [-0.2, -0.15) is 0 Å². The molecule has 0 atom stereocenters. The third-order valence-electron chi connectivity index (χ3n) is 4.32. The van der Waals surface area contributed by atoms with E-state index in [0.29, 0.717) is 6.54 Å². The third kappa shape index (κ3) is 5.45. The van der Waals surface area contributed by atoms with Crippen LogP contribution in [0.5, 0.6) is 0 Å². The fraction of sp³-hybridized carbons (Fsp3) is 0.364. The number of aryl methyl sites for hydroxylation is 1. The quantitative estimate of drug-likeness (QED) is 0.850. The topological polar surface area (TPSA) is 49.4 Å². The average molecular weight is 352 g/mol. The monoisotopic (exact) mass is 352 g/mol.